The third-order valence-corrected chi connectivity index (χ3v) is 6.43. The van der Waals surface area contributed by atoms with Crippen LogP contribution in [-0.2, 0) is 27.2 Å². The topological polar surface area (TPSA) is 124 Å². The van der Waals surface area contributed by atoms with Gasteiger partial charge in [0.05, 0.1) is 5.41 Å². The van der Waals surface area contributed by atoms with Crippen molar-refractivity contribution < 1.29 is 34.8 Å². The first-order valence-corrected chi connectivity index (χ1v) is 11.2. The highest BCUT2D eigenvalue weighted by Crippen LogP contribution is 2.44. The summed E-state index contributed by atoms with van der Waals surface area (Å²) in [5.74, 6) is -1.24. The third-order valence-electron chi connectivity index (χ3n) is 6.43. The zero-order valence-corrected chi connectivity index (χ0v) is 18.7. The molecule has 174 valence electrons. The molecule has 7 heteroatoms. The molecule has 7 nitrogen and oxygen atoms in total. The van der Waals surface area contributed by atoms with Crippen molar-refractivity contribution in [1.82, 2.24) is 0 Å². The minimum atomic E-state index is -0.787. The molecule has 1 aromatic rings. The molecule has 0 unspecified atom stereocenters. The van der Waals surface area contributed by atoms with Crippen LogP contribution in [0.3, 0.4) is 0 Å². The number of aryl methyl sites for hydroxylation is 1. The van der Waals surface area contributed by atoms with Crippen molar-refractivity contribution in [3.05, 3.63) is 17.2 Å². The lowest BCUT2D eigenvalue weighted by molar-refractivity contribution is -0.147. The molecule has 0 aromatic heterocycles. The van der Waals surface area contributed by atoms with E-state index >= 15 is 0 Å². The Morgan fingerprint density at radius 1 is 1.03 bits per heavy atom. The fraction of sp³-hybridized carbons (Fsp3) is 0.667. The van der Waals surface area contributed by atoms with Crippen LogP contribution >= 0.6 is 0 Å². The molecule has 1 aliphatic carbocycles. The van der Waals surface area contributed by atoms with Gasteiger partial charge in [0, 0.05) is 11.1 Å². The second-order valence-electron chi connectivity index (χ2n) is 9.44. The summed E-state index contributed by atoms with van der Waals surface area (Å²) in [6, 6.07) is 1.52. The van der Waals surface area contributed by atoms with E-state index in [1.54, 1.807) is 13.8 Å². The maximum atomic E-state index is 11.1. The van der Waals surface area contributed by atoms with E-state index in [0.29, 0.717) is 43.3 Å². The Bertz CT molecular complexity index is 766. The average Bonchev–Trinajstić information content (AvgIpc) is 3.47. The molecule has 0 bridgehead atoms. The number of carbonyl (C=O) groups excluding carboxylic acids is 1. The zero-order chi connectivity index (χ0) is 23.1. The van der Waals surface area contributed by atoms with Gasteiger partial charge < -0.3 is 25.2 Å². The van der Waals surface area contributed by atoms with E-state index in [-0.39, 0.29) is 22.8 Å². The fourth-order valence-corrected chi connectivity index (χ4v) is 3.93. The first kappa shape index (κ1) is 24.8. The van der Waals surface area contributed by atoms with Gasteiger partial charge in [0.2, 0.25) is 0 Å². The van der Waals surface area contributed by atoms with Crippen LogP contribution < -0.4 is 0 Å². The van der Waals surface area contributed by atoms with Crippen molar-refractivity contribution in [2.75, 3.05) is 0 Å². The van der Waals surface area contributed by atoms with Crippen LogP contribution in [-0.4, -0.2) is 38.5 Å². The van der Waals surface area contributed by atoms with Crippen LogP contribution in [0.15, 0.2) is 6.07 Å². The SMILES string of the molecule is CC(C)(CCCCCCc1cc(O)c(CCCCC2(OC=O)CC2)c(O)c1O)C(=O)O. The van der Waals surface area contributed by atoms with E-state index in [0.717, 1.165) is 51.4 Å². The molecule has 0 saturated heterocycles. The third kappa shape index (κ3) is 7.04. The van der Waals surface area contributed by atoms with Crippen molar-refractivity contribution in [2.24, 2.45) is 5.41 Å². The number of aliphatic carboxylic acids is 1. The molecule has 1 fully saturated rings. The molecular formula is C24H36O7. The normalized spacial score (nSPS) is 14.9. The molecule has 4 N–H and O–H groups in total. The number of aromatic hydroxyl groups is 3. The van der Waals surface area contributed by atoms with E-state index < -0.39 is 11.4 Å². The van der Waals surface area contributed by atoms with Crippen LogP contribution in [0.25, 0.3) is 0 Å². The predicted octanol–water partition coefficient (Wildman–Crippen LogP) is 4.83. The van der Waals surface area contributed by atoms with E-state index in [1.165, 1.54) is 6.07 Å². The van der Waals surface area contributed by atoms with Gasteiger partial charge in [-0.15, -0.1) is 0 Å². The van der Waals surface area contributed by atoms with E-state index in [1.807, 2.05) is 0 Å². The summed E-state index contributed by atoms with van der Waals surface area (Å²) in [6.45, 7) is 3.95. The lowest BCUT2D eigenvalue weighted by atomic mass is 9.87. The Morgan fingerprint density at radius 2 is 1.68 bits per heavy atom. The number of hydrogen-bond donors (Lipinski definition) is 4. The van der Waals surface area contributed by atoms with Crippen molar-refractivity contribution in [3.63, 3.8) is 0 Å². The minimum Gasteiger partial charge on any atom is -0.508 e. The van der Waals surface area contributed by atoms with Gasteiger partial charge in [0.25, 0.3) is 6.47 Å². The molecule has 0 atom stereocenters. The summed E-state index contributed by atoms with van der Waals surface area (Å²) in [7, 11) is 0. The van der Waals surface area contributed by atoms with Gasteiger partial charge in [-0.3, -0.25) is 9.59 Å². The van der Waals surface area contributed by atoms with Crippen LogP contribution in [0, 0.1) is 5.41 Å². The lowest BCUT2D eigenvalue weighted by Crippen LogP contribution is -2.23. The van der Waals surface area contributed by atoms with Crippen LogP contribution in [0.1, 0.15) is 89.2 Å². The quantitative estimate of drug-likeness (QED) is 0.134. The molecule has 0 radical (unpaired) electrons. The van der Waals surface area contributed by atoms with Gasteiger partial charge in [-0.25, -0.2) is 0 Å². The van der Waals surface area contributed by atoms with Crippen molar-refractivity contribution in [2.45, 2.75) is 96.5 Å². The first-order valence-electron chi connectivity index (χ1n) is 11.2. The van der Waals surface area contributed by atoms with E-state index in [9.17, 15) is 24.9 Å². The summed E-state index contributed by atoms with van der Waals surface area (Å²) in [4.78, 5) is 21.6. The highest BCUT2D eigenvalue weighted by molar-refractivity contribution is 5.73. The van der Waals surface area contributed by atoms with Crippen LogP contribution in [0.2, 0.25) is 0 Å². The van der Waals surface area contributed by atoms with E-state index in [4.69, 9.17) is 9.84 Å². The molecule has 0 amide bonds. The Balaban J connectivity index is 1.77. The number of phenols is 3. The minimum absolute atomic E-state index is 0.0150. The van der Waals surface area contributed by atoms with Gasteiger partial charge in [-0.1, -0.05) is 19.3 Å². The van der Waals surface area contributed by atoms with Crippen LogP contribution in [0.4, 0.5) is 0 Å². The molecule has 31 heavy (non-hydrogen) atoms. The number of benzene rings is 1. The standard InChI is InChI=1S/C24H36O7/c1-23(2,22(29)30)11-7-4-3-5-9-17-15-19(26)18(21(28)20(17)27)10-6-8-12-24(13-14-24)31-16-25/h15-16,26-28H,3-14H2,1-2H3,(H,29,30). The number of hydrogen-bond acceptors (Lipinski definition) is 6. The zero-order valence-electron chi connectivity index (χ0n) is 18.7. The molecule has 0 aliphatic heterocycles. The number of carboxylic acid groups (broad SMARTS) is 1. The molecule has 1 saturated carbocycles. The second kappa shape index (κ2) is 10.7. The summed E-state index contributed by atoms with van der Waals surface area (Å²) in [6.07, 6.45) is 8.98. The fourth-order valence-electron chi connectivity index (χ4n) is 3.93. The maximum Gasteiger partial charge on any atom is 0.309 e. The molecule has 1 aliphatic rings. The first-order chi connectivity index (χ1) is 14.6. The second-order valence-corrected chi connectivity index (χ2v) is 9.44. The number of carboxylic acids is 1. The highest BCUT2D eigenvalue weighted by atomic mass is 16.5. The number of rotatable bonds is 15. The molecule has 0 heterocycles. The van der Waals surface area contributed by atoms with Crippen molar-refractivity contribution >= 4 is 12.4 Å². The molecule has 1 aromatic carbocycles. The number of unbranched alkanes of at least 4 members (excludes halogenated alkanes) is 4. The summed E-state index contributed by atoms with van der Waals surface area (Å²) in [5, 5.41) is 40.2. The van der Waals surface area contributed by atoms with Crippen molar-refractivity contribution in [1.29, 1.82) is 0 Å². The molecule has 2 rings (SSSR count). The summed E-state index contributed by atoms with van der Waals surface area (Å²) < 4.78 is 5.12. The molecule has 0 spiro atoms. The van der Waals surface area contributed by atoms with Gasteiger partial charge in [0.1, 0.15) is 11.4 Å². The number of carbonyl (C=O) groups is 2. The largest absolute Gasteiger partial charge is 0.508 e. The maximum absolute atomic E-state index is 11.1. The Morgan fingerprint density at radius 3 is 2.29 bits per heavy atom. The summed E-state index contributed by atoms with van der Waals surface area (Å²) in [5.41, 5.74) is -0.160. The highest BCUT2D eigenvalue weighted by Gasteiger charge is 2.44. The van der Waals surface area contributed by atoms with Gasteiger partial charge >= 0.3 is 5.97 Å². The number of ether oxygens (including phenoxy) is 1. The van der Waals surface area contributed by atoms with Gasteiger partial charge in [-0.05, 0) is 77.7 Å². The van der Waals surface area contributed by atoms with Gasteiger partial charge in [0.15, 0.2) is 11.5 Å². The van der Waals surface area contributed by atoms with E-state index in [2.05, 4.69) is 0 Å². The monoisotopic (exact) mass is 436 g/mol. The Kier molecular flexibility index (Phi) is 8.60. The number of phenolic OH excluding ortho intramolecular Hbond substituents is 3. The molecular weight excluding hydrogens is 400 g/mol. The Labute approximate surface area is 184 Å². The Hall–Kier alpha value is -2.44. The smallest absolute Gasteiger partial charge is 0.309 e. The van der Waals surface area contributed by atoms with Crippen molar-refractivity contribution in [3.8, 4) is 17.2 Å². The average molecular weight is 437 g/mol. The van der Waals surface area contributed by atoms with Gasteiger partial charge in [-0.2, -0.15) is 0 Å². The van der Waals surface area contributed by atoms with Crippen LogP contribution in [0.5, 0.6) is 17.2 Å². The predicted molar refractivity (Wildman–Crippen MR) is 116 cm³/mol. The lowest BCUT2D eigenvalue weighted by Gasteiger charge is -2.18. The summed E-state index contributed by atoms with van der Waals surface area (Å²) >= 11 is 0.